The van der Waals surface area contributed by atoms with Crippen molar-refractivity contribution in [3.63, 3.8) is 0 Å². The molecule has 0 atom stereocenters. The maximum absolute atomic E-state index is 11.8. The van der Waals surface area contributed by atoms with Gasteiger partial charge in [0.25, 0.3) is 0 Å². The number of benzene rings is 2. The van der Waals surface area contributed by atoms with E-state index in [-0.39, 0.29) is 5.78 Å². The summed E-state index contributed by atoms with van der Waals surface area (Å²) in [7, 11) is 0. The third-order valence-corrected chi connectivity index (χ3v) is 2.78. The van der Waals surface area contributed by atoms with Gasteiger partial charge < -0.3 is 0 Å². The highest BCUT2D eigenvalue weighted by molar-refractivity contribution is 6.04. The standard InChI is InChI=1S/C18H16O/c1-15-11-13-16(14-12-15)7-5-6-10-18(19)17-8-3-2-4-9-17/h2-14H,1H3/b7-5+,10-6+. The summed E-state index contributed by atoms with van der Waals surface area (Å²) in [5.74, 6) is 0.0224. The van der Waals surface area contributed by atoms with Crippen molar-refractivity contribution < 1.29 is 4.79 Å². The van der Waals surface area contributed by atoms with Gasteiger partial charge in [-0.05, 0) is 18.6 Å². The van der Waals surface area contributed by atoms with Crippen molar-refractivity contribution >= 4 is 11.9 Å². The number of hydrogen-bond donors (Lipinski definition) is 0. The number of aryl methyl sites for hydroxylation is 1. The molecule has 0 fully saturated rings. The molecule has 0 saturated carbocycles. The van der Waals surface area contributed by atoms with E-state index in [1.807, 2.05) is 42.5 Å². The van der Waals surface area contributed by atoms with Gasteiger partial charge in [0, 0.05) is 5.56 Å². The molecule has 2 aromatic carbocycles. The van der Waals surface area contributed by atoms with Gasteiger partial charge in [-0.2, -0.15) is 0 Å². The van der Waals surface area contributed by atoms with Crippen LogP contribution in [0.5, 0.6) is 0 Å². The number of rotatable bonds is 4. The highest BCUT2D eigenvalue weighted by atomic mass is 16.1. The average Bonchev–Trinajstić information content (AvgIpc) is 2.46. The Kier molecular flexibility index (Phi) is 4.46. The molecule has 0 aliphatic heterocycles. The van der Waals surface area contributed by atoms with Crippen LogP contribution in [0, 0.1) is 6.92 Å². The summed E-state index contributed by atoms with van der Waals surface area (Å²) in [6, 6.07) is 17.5. The summed E-state index contributed by atoms with van der Waals surface area (Å²) in [6.07, 6.45) is 7.22. The van der Waals surface area contributed by atoms with E-state index in [0.29, 0.717) is 5.56 Å². The topological polar surface area (TPSA) is 17.1 Å². The number of allylic oxidation sites excluding steroid dienone is 3. The van der Waals surface area contributed by atoms with Gasteiger partial charge in [0.1, 0.15) is 0 Å². The first-order valence-corrected chi connectivity index (χ1v) is 6.26. The molecule has 19 heavy (non-hydrogen) atoms. The molecule has 0 unspecified atom stereocenters. The molecule has 0 spiro atoms. The Morgan fingerprint density at radius 3 is 2.26 bits per heavy atom. The van der Waals surface area contributed by atoms with Crippen LogP contribution in [0.2, 0.25) is 0 Å². The minimum absolute atomic E-state index is 0.0224. The van der Waals surface area contributed by atoms with E-state index in [4.69, 9.17) is 0 Å². The predicted molar refractivity (Wildman–Crippen MR) is 80.1 cm³/mol. The summed E-state index contributed by atoms with van der Waals surface area (Å²) in [6.45, 7) is 2.06. The Hall–Kier alpha value is -2.41. The highest BCUT2D eigenvalue weighted by Crippen LogP contribution is 2.05. The van der Waals surface area contributed by atoms with Crippen LogP contribution in [0.3, 0.4) is 0 Å². The van der Waals surface area contributed by atoms with Crippen LogP contribution in [0.15, 0.2) is 72.8 Å². The van der Waals surface area contributed by atoms with Crippen molar-refractivity contribution in [2.24, 2.45) is 0 Å². The van der Waals surface area contributed by atoms with Gasteiger partial charge in [0.2, 0.25) is 0 Å². The first-order chi connectivity index (χ1) is 9.25. The van der Waals surface area contributed by atoms with Crippen molar-refractivity contribution in [2.75, 3.05) is 0 Å². The summed E-state index contributed by atoms with van der Waals surface area (Å²) >= 11 is 0. The van der Waals surface area contributed by atoms with E-state index in [9.17, 15) is 4.79 Å². The number of ketones is 1. The summed E-state index contributed by atoms with van der Waals surface area (Å²) in [4.78, 5) is 11.8. The Bertz CT molecular complexity index is 589. The minimum Gasteiger partial charge on any atom is -0.289 e. The van der Waals surface area contributed by atoms with Gasteiger partial charge in [0.05, 0.1) is 0 Å². The first-order valence-electron chi connectivity index (χ1n) is 6.26. The van der Waals surface area contributed by atoms with E-state index < -0.39 is 0 Å². The maximum atomic E-state index is 11.8. The van der Waals surface area contributed by atoms with Gasteiger partial charge in [-0.25, -0.2) is 0 Å². The number of hydrogen-bond acceptors (Lipinski definition) is 1. The summed E-state index contributed by atoms with van der Waals surface area (Å²) < 4.78 is 0. The third-order valence-electron chi connectivity index (χ3n) is 2.78. The van der Waals surface area contributed by atoms with Crippen LogP contribution < -0.4 is 0 Å². The molecule has 0 amide bonds. The van der Waals surface area contributed by atoms with Gasteiger partial charge in [-0.3, -0.25) is 4.79 Å². The second-order valence-electron chi connectivity index (χ2n) is 4.36. The van der Waals surface area contributed by atoms with Gasteiger partial charge in [-0.15, -0.1) is 0 Å². The van der Waals surface area contributed by atoms with E-state index in [1.165, 1.54) is 5.56 Å². The van der Waals surface area contributed by atoms with Crippen molar-refractivity contribution in [1.29, 1.82) is 0 Å². The maximum Gasteiger partial charge on any atom is 0.185 e. The van der Waals surface area contributed by atoms with Crippen LogP contribution in [0.1, 0.15) is 21.5 Å². The monoisotopic (exact) mass is 248 g/mol. The fourth-order valence-corrected chi connectivity index (χ4v) is 1.69. The summed E-state index contributed by atoms with van der Waals surface area (Å²) in [5.41, 5.74) is 3.08. The lowest BCUT2D eigenvalue weighted by molar-refractivity contribution is 0.104. The molecule has 0 saturated heterocycles. The molecule has 0 N–H and O–H groups in total. The SMILES string of the molecule is Cc1ccc(/C=C/C=C/C(=O)c2ccccc2)cc1. The third kappa shape index (κ3) is 4.07. The molecule has 2 rings (SSSR count). The molecule has 1 heteroatoms. The largest absolute Gasteiger partial charge is 0.289 e. The fourth-order valence-electron chi connectivity index (χ4n) is 1.69. The van der Waals surface area contributed by atoms with Crippen LogP contribution >= 0.6 is 0 Å². The molecule has 0 aliphatic carbocycles. The van der Waals surface area contributed by atoms with Gasteiger partial charge in [-0.1, -0.05) is 78.4 Å². The zero-order valence-electron chi connectivity index (χ0n) is 10.9. The van der Waals surface area contributed by atoms with Crippen molar-refractivity contribution in [3.8, 4) is 0 Å². The Morgan fingerprint density at radius 2 is 1.58 bits per heavy atom. The van der Waals surface area contributed by atoms with Crippen LogP contribution in [0.4, 0.5) is 0 Å². The lowest BCUT2D eigenvalue weighted by Gasteiger charge is -1.94. The minimum atomic E-state index is 0.0224. The van der Waals surface area contributed by atoms with Crippen molar-refractivity contribution in [3.05, 3.63) is 89.5 Å². The number of carbonyl (C=O) groups is 1. The zero-order chi connectivity index (χ0) is 13.5. The van der Waals surface area contributed by atoms with E-state index in [0.717, 1.165) is 5.56 Å². The molecular weight excluding hydrogens is 232 g/mol. The van der Waals surface area contributed by atoms with E-state index >= 15 is 0 Å². The molecule has 2 aromatic rings. The molecule has 94 valence electrons. The Morgan fingerprint density at radius 1 is 0.895 bits per heavy atom. The van der Waals surface area contributed by atoms with E-state index in [1.54, 1.807) is 12.2 Å². The molecule has 0 bridgehead atoms. The lowest BCUT2D eigenvalue weighted by atomic mass is 10.1. The highest BCUT2D eigenvalue weighted by Gasteiger charge is 1.97. The second kappa shape index (κ2) is 6.50. The van der Waals surface area contributed by atoms with Crippen molar-refractivity contribution in [1.82, 2.24) is 0 Å². The molecule has 0 aliphatic rings. The smallest absolute Gasteiger partial charge is 0.185 e. The van der Waals surface area contributed by atoms with Crippen LogP contribution in [-0.2, 0) is 0 Å². The Balaban J connectivity index is 1.97. The van der Waals surface area contributed by atoms with E-state index in [2.05, 4.69) is 31.2 Å². The molecule has 0 heterocycles. The van der Waals surface area contributed by atoms with Gasteiger partial charge >= 0.3 is 0 Å². The summed E-state index contributed by atoms with van der Waals surface area (Å²) in [5, 5.41) is 0. The second-order valence-corrected chi connectivity index (χ2v) is 4.36. The van der Waals surface area contributed by atoms with Crippen molar-refractivity contribution in [2.45, 2.75) is 6.92 Å². The van der Waals surface area contributed by atoms with Gasteiger partial charge in [0.15, 0.2) is 5.78 Å². The lowest BCUT2D eigenvalue weighted by Crippen LogP contribution is -1.92. The molecule has 0 aromatic heterocycles. The fraction of sp³-hybridized carbons (Fsp3) is 0.0556. The quantitative estimate of drug-likeness (QED) is 0.444. The molecule has 1 nitrogen and oxygen atoms in total. The number of carbonyl (C=O) groups excluding carboxylic acids is 1. The molecule has 0 radical (unpaired) electrons. The zero-order valence-corrected chi connectivity index (χ0v) is 10.9. The average molecular weight is 248 g/mol. The normalized spacial score (nSPS) is 11.2. The Labute approximate surface area is 113 Å². The predicted octanol–water partition coefficient (Wildman–Crippen LogP) is 4.45. The van der Waals surface area contributed by atoms with Crippen LogP contribution in [-0.4, -0.2) is 5.78 Å². The first kappa shape index (κ1) is 13.0. The van der Waals surface area contributed by atoms with Crippen LogP contribution in [0.25, 0.3) is 6.08 Å². The molecular formula is C18H16O.